The number of carbonyl (C=O) groups is 2. The molecule has 0 aromatic heterocycles. The highest BCUT2D eigenvalue weighted by Gasteiger charge is 2.45. The van der Waals surface area contributed by atoms with Gasteiger partial charge >= 0.3 is 0 Å². The molecule has 94 valence electrons. The Morgan fingerprint density at radius 1 is 1.11 bits per heavy atom. The Balaban J connectivity index is 1.90. The summed E-state index contributed by atoms with van der Waals surface area (Å²) in [7, 11) is 0. The lowest BCUT2D eigenvalue weighted by Crippen LogP contribution is -2.26. The average Bonchev–Trinajstić information content (AvgIpc) is 2.67. The second-order valence-electron chi connectivity index (χ2n) is 5.74. The maximum Gasteiger partial charge on any atom is 0.137 e. The van der Waals surface area contributed by atoms with Gasteiger partial charge in [0.15, 0.2) is 0 Å². The van der Waals surface area contributed by atoms with Crippen molar-refractivity contribution >= 4 is 11.6 Å². The molecule has 2 heteroatoms. The largest absolute Gasteiger partial charge is 0.300 e. The molecule has 0 unspecified atom stereocenters. The van der Waals surface area contributed by atoms with E-state index in [1.807, 2.05) is 0 Å². The van der Waals surface area contributed by atoms with Gasteiger partial charge in [-0.3, -0.25) is 9.59 Å². The molecule has 0 radical (unpaired) electrons. The smallest absolute Gasteiger partial charge is 0.137 e. The van der Waals surface area contributed by atoms with Crippen LogP contribution in [-0.4, -0.2) is 11.6 Å². The van der Waals surface area contributed by atoms with Crippen LogP contribution >= 0.6 is 0 Å². The van der Waals surface area contributed by atoms with Crippen molar-refractivity contribution in [2.24, 2.45) is 11.8 Å². The van der Waals surface area contributed by atoms with Crippen LogP contribution < -0.4 is 0 Å². The van der Waals surface area contributed by atoms with Crippen molar-refractivity contribution in [3.8, 4) is 0 Å². The summed E-state index contributed by atoms with van der Waals surface area (Å²) in [6, 6.07) is 8.47. The Kier molecular flexibility index (Phi) is 2.81. The molecule has 3 rings (SSSR count). The third kappa shape index (κ3) is 1.90. The molecule has 2 aliphatic rings. The van der Waals surface area contributed by atoms with Crippen molar-refractivity contribution < 1.29 is 9.59 Å². The highest BCUT2D eigenvalue weighted by Crippen LogP contribution is 2.47. The molecular formula is C16H18O2. The summed E-state index contributed by atoms with van der Waals surface area (Å²) in [5, 5.41) is 0. The second kappa shape index (κ2) is 4.34. The van der Waals surface area contributed by atoms with Crippen LogP contribution in [0.1, 0.15) is 42.7 Å². The zero-order valence-electron chi connectivity index (χ0n) is 10.7. The number of rotatable bonds is 1. The summed E-state index contributed by atoms with van der Waals surface area (Å²) < 4.78 is 0. The number of benzene rings is 1. The predicted molar refractivity (Wildman–Crippen MR) is 69.4 cm³/mol. The second-order valence-corrected chi connectivity index (χ2v) is 5.74. The van der Waals surface area contributed by atoms with E-state index in [0.717, 1.165) is 6.42 Å². The number of hydrogen-bond acceptors (Lipinski definition) is 2. The van der Waals surface area contributed by atoms with E-state index in [0.29, 0.717) is 36.9 Å². The first-order chi connectivity index (χ1) is 8.65. The van der Waals surface area contributed by atoms with Crippen LogP contribution in [0.5, 0.6) is 0 Å². The molecule has 0 heterocycles. The first-order valence-electron chi connectivity index (χ1n) is 6.76. The van der Waals surface area contributed by atoms with Gasteiger partial charge in [0.1, 0.15) is 11.6 Å². The number of carbonyl (C=O) groups excluding carboxylic acids is 2. The molecular weight excluding hydrogens is 224 g/mol. The van der Waals surface area contributed by atoms with E-state index < -0.39 is 0 Å². The van der Waals surface area contributed by atoms with Gasteiger partial charge in [-0.15, -0.1) is 0 Å². The third-order valence-electron chi connectivity index (χ3n) is 4.54. The van der Waals surface area contributed by atoms with Gasteiger partial charge in [0.25, 0.3) is 0 Å². The standard InChI is InChI=1S/C16H18O2/c1-10-3-2-4-11(7-10)14-9-16(18)15-8-12(17)5-6-13(14)15/h2-4,7,13-15H,5-6,8-9H2,1H3/t13-,14+,15-/m0/s1. The van der Waals surface area contributed by atoms with Crippen LogP contribution in [0, 0.1) is 18.8 Å². The zero-order valence-corrected chi connectivity index (χ0v) is 10.7. The molecule has 0 spiro atoms. The fourth-order valence-corrected chi connectivity index (χ4v) is 3.65. The zero-order chi connectivity index (χ0) is 12.7. The molecule has 0 amide bonds. The summed E-state index contributed by atoms with van der Waals surface area (Å²) in [4.78, 5) is 23.6. The quantitative estimate of drug-likeness (QED) is 0.758. The number of hydrogen-bond donors (Lipinski definition) is 0. The number of Topliss-reactive ketones (excluding diaryl/α,β-unsaturated/α-hetero) is 2. The van der Waals surface area contributed by atoms with Crippen molar-refractivity contribution in [2.75, 3.05) is 0 Å². The highest BCUT2D eigenvalue weighted by molar-refractivity contribution is 5.91. The average molecular weight is 242 g/mol. The minimum atomic E-state index is 0.0109. The van der Waals surface area contributed by atoms with Gasteiger partial charge < -0.3 is 0 Å². The molecule has 2 nitrogen and oxygen atoms in total. The van der Waals surface area contributed by atoms with Crippen molar-refractivity contribution in [2.45, 2.75) is 38.5 Å². The number of fused-ring (bicyclic) bond motifs is 1. The molecule has 1 aromatic carbocycles. The van der Waals surface area contributed by atoms with Crippen molar-refractivity contribution in [3.05, 3.63) is 35.4 Å². The summed E-state index contributed by atoms with van der Waals surface area (Å²) in [5.74, 6) is 1.33. The summed E-state index contributed by atoms with van der Waals surface area (Å²) in [6.45, 7) is 2.09. The first kappa shape index (κ1) is 11.6. The lowest BCUT2D eigenvalue weighted by Gasteiger charge is -2.27. The van der Waals surface area contributed by atoms with Gasteiger partial charge in [0.2, 0.25) is 0 Å². The van der Waals surface area contributed by atoms with Gasteiger partial charge in [-0.2, -0.15) is 0 Å². The SMILES string of the molecule is Cc1cccc([C@H]2CC(=O)[C@H]3CC(=O)CC[C@H]32)c1. The van der Waals surface area contributed by atoms with Crippen LogP contribution in [0.2, 0.25) is 0 Å². The topological polar surface area (TPSA) is 34.1 Å². The Hall–Kier alpha value is -1.44. The maximum atomic E-state index is 12.1. The molecule has 3 atom stereocenters. The number of aryl methyl sites for hydroxylation is 1. The molecule has 1 aromatic rings. The molecule has 0 bridgehead atoms. The molecule has 2 aliphatic carbocycles. The molecule has 0 saturated heterocycles. The van der Waals surface area contributed by atoms with Crippen LogP contribution in [0.3, 0.4) is 0 Å². The van der Waals surface area contributed by atoms with Gasteiger partial charge in [-0.05, 0) is 30.7 Å². The molecule has 18 heavy (non-hydrogen) atoms. The molecule has 2 fully saturated rings. The van der Waals surface area contributed by atoms with Crippen LogP contribution in [0.15, 0.2) is 24.3 Å². The van der Waals surface area contributed by atoms with Gasteiger partial charge in [-0.1, -0.05) is 29.8 Å². The molecule has 2 saturated carbocycles. The Bertz CT molecular complexity index is 504. The van der Waals surface area contributed by atoms with E-state index in [-0.39, 0.29) is 11.7 Å². The third-order valence-corrected chi connectivity index (χ3v) is 4.54. The first-order valence-corrected chi connectivity index (χ1v) is 6.76. The fraction of sp³-hybridized carbons (Fsp3) is 0.500. The minimum absolute atomic E-state index is 0.0109. The van der Waals surface area contributed by atoms with E-state index in [4.69, 9.17) is 0 Å². The van der Waals surface area contributed by atoms with E-state index >= 15 is 0 Å². The Morgan fingerprint density at radius 2 is 1.94 bits per heavy atom. The van der Waals surface area contributed by atoms with E-state index in [9.17, 15) is 9.59 Å². The summed E-state index contributed by atoms with van der Waals surface area (Å²) in [5.41, 5.74) is 2.53. The lowest BCUT2D eigenvalue weighted by molar-refractivity contribution is -0.129. The van der Waals surface area contributed by atoms with Crippen LogP contribution in [0.4, 0.5) is 0 Å². The van der Waals surface area contributed by atoms with Crippen molar-refractivity contribution in [1.29, 1.82) is 0 Å². The van der Waals surface area contributed by atoms with E-state index in [1.165, 1.54) is 11.1 Å². The summed E-state index contributed by atoms with van der Waals surface area (Å²) >= 11 is 0. The highest BCUT2D eigenvalue weighted by atomic mass is 16.1. The normalized spacial score (nSPS) is 31.5. The maximum absolute atomic E-state index is 12.1. The molecule has 0 aliphatic heterocycles. The van der Waals surface area contributed by atoms with Gasteiger partial charge in [0, 0.05) is 25.2 Å². The summed E-state index contributed by atoms with van der Waals surface area (Å²) in [6.07, 6.45) is 2.68. The van der Waals surface area contributed by atoms with Crippen LogP contribution in [-0.2, 0) is 9.59 Å². The monoisotopic (exact) mass is 242 g/mol. The van der Waals surface area contributed by atoms with Crippen molar-refractivity contribution in [3.63, 3.8) is 0 Å². The van der Waals surface area contributed by atoms with Crippen LogP contribution in [0.25, 0.3) is 0 Å². The molecule has 0 N–H and O–H groups in total. The fourth-order valence-electron chi connectivity index (χ4n) is 3.65. The Morgan fingerprint density at radius 3 is 2.72 bits per heavy atom. The van der Waals surface area contributed by atoms with E-state index in [1.54, 1.807) is 0 Å². The van der Waals surface area contributed by atoms with Gasteiger partial charge in [0.05, 0.1) is 0 Å². The van der Waals surface area contributed by atoms with Crippen molar-refractivity contribution in [1.82, 2.24) is 0 Å². The predicted octanol–water partition coefficient (Wildman–Crippen LogP) is 3.04. The number of ketones is 2. The lowest BCUT2D eigenvalue weighted by atomic mass is 9.75. The van der Waals surface area contributed by atoms with E-state index in [2.05, 4.69) is 31.2 Å². The minimum Gasteiger partial charge on any atom is -0.300 e. The Labute approximate surface area is 107 Å². The van der Waals surface area contributed by atoms with Gasteiger partial charge in [-0.25, -0.2) is 0 Å².